The number of methoxy groups -OCH3 is 1. The molecule has 34 heavy (non-hydrogen) atoms. The van der Waals surface area contributed by atoms with Crippen LogP contribution in [-0.4, -0.2) is 23.8 Å². The normalized spacial score (nSPS) is 17.5. The summed E-state index contributed by atoms with van der Waals surface area (Å²) in [5.41, 5.74) is 2.72. The maximum atomic E-state index is 6.43. The minimum atomic E-state index is -0.254. The summed E-state index contributed by atoms with van der Waals surface area (Å²) >= 11 is 5.80. The molecule has 5 rings (SSSR count). The molecule has 6 nitrogen and oxygen atoms in total. The van der Waals surface area contributed by atoms with Crippen molar-refractivity contribution in [3.63, 3.8) is 0 Å². The number of furan rings is 1. The van der Waals surface area contributed by atoms with Gasteiger partial charge in [0.25, 0.3) is 0 Å². The van der Waals surface area contributed by atoms with E-state index in [1.54, 1.807) is 13.3 Å². The van der Waals surface area contributed by atoms with Crippen LogP contribution < -0.4 is 19.7 Å². The zero-order chi connectivity index (χ0) is 23.5. The van der Waals surface area contributed by atoms with E-state index in [0.717, 1.165) is 40.0 Å². The number of para-hydroxylation sites is 2. The predicted octanol–water partition coefficient (Wildman–Crippen LogP) is 5.93. The first-order valence-corrected chi connectivity index (χ1v) is 11.6. The van der Waals surface area contributed by atoms with Crippen LogP contribution in [0.25, 0.3) is 11.3 Å². The Bertz CT molecular complexity index is 1270. The van der Waals surface area contributed by atoms with Crippen LogP contribution in [0.2, 0.25) is 0 Å². The summed E-state index contributed by atoms with van der Waals surface area (Å²) in [4.78, 5) is 6.65. The van der Waals surface area contributed by atoms with Crippen molar-refractivity contribution < 1.29 is 13.9 Å². The second-order valence-corrected chi connectivity index (χ2v) is 8.21. The van der Waals surface area contributed by atoms with Crippen molar-refractivity contribution in [2.75, 3.05) is 18.6 Å². The van der Waals surface area contributed by atoms with E-state index in [2.05, 4.69) is 10.3 Å². The van der Waals surface area contributed by atoms with E-state index in [4.69, 9.17) is 26.1 Å². The molecule has 0 radical (unpaired) electrons. The average Bonchev–Trinajstić information content (AvgIpc) is 3.50. The first-order valence-electron chi connectivity index (χ1n) is 11.2. The molecule has 0 unspecified atom stereocenters. The highest BCUT2D eigenvalue weighted by atomic mass is 32.1. The van der Waals surface area contributed by atoms with Gasteiger partial charge in [0.05, 0.1) is 31.1 Å². The van der Waals surface area contributed by atoms with Crippen molar-refractivity contribution >= 4 is 23.0 Å². The van der Waals surface area contributed by atoms with Gasteiger partial charge in [0.1, 0.15) is 29.1 Å². The number of pyridine rings is 1. The Hall–Kier alpha value is -3.84. The summed E-state index contributed by atoms with van der Waals surface area (Å²) in [7, 11) is 1.66. The third kappa shape index (κ3) is 4.10. The smallest absolute Gasteiger partial charge is 0.174 e. The highest BCUT2D eigenvalue weighted by Gasteiger charge is 2.43. The molecule has 2 atom stereocenters. The Balaban J connectivity index is 1.57. The molecule has 2 aromatic carbocycles. The number of rotatable bonds is 7. The van der Waals surface area contributed by atoms with Gasteiger partial charge in [-0.2, -0.15) is 0 Å². The van der Waals surface area contributed by atoms with Crippen molar-refractivity contribution in [3.05, 3.63) is 96.5 Å². The highest BCUT2D eigenvalue weighted by Crippen LogP contribution is 2.45. The molecular formula is C27H25N3O3S. The number of benzene rings is 2. The lowest BCUT2D eigenvalue weighted by Gasteiger charge is -2.27. The minimum absolute atomic E-state index is 0.196. The molecule has 0 amide bonds. The van der Waals surface area contributed by atoms with Crippen molar-refractivity contribution in [2.45, 2.75) is 19.0 Å². The molecular weight excluding hydrogens is 446 g/mol. The molecule has 1 saturated heterocycles. The molecule has 1 fully saturated rings. The maximum absolute atomic E-state index is 6.43. The topological polar surface area (TPSA) is 59.8 Å². The van der Waals surface area contributed by atoms with Crippen molar-refractivity contribution in [1.29, 1.82) is 0 Å². The predicted molar refractivity (Wildman–Crippen MR) is 136 cm³/mol. The number of ether oxygens (including phenoxy) is 2. The SMILES string of the molecule is CCOc1ccc(-c2ccc([C@@H]3[C@@H](c4ccccn4)NC(=S)N3c3ccccc3OC)o2)cc1. The van der Waals surface area contributed by atoms with Gasteiger partial charge in [-0.1, -0.05) is 18.2 Å². The minimum Gasteiger partial charge on any atom is -0.495 e. The fourth-order valence-electron chi connectivity index (χ4n) is 4.28. The van der Waals surface area contributed by atoms with Crippen LogP contribution in [0.15, 0.2) is 89.5 Å². The maximum Gasteiger partial charge on any atom is 0.174 e. The molecule has 4 aromatic rings. The van der Waals surface area contributed by atoms with E-state index in [-0.39, 0.29) is 12.1 Å². The van der Waals surface area contributed by atoms with Crippen LogP contribution in [0.4, 0.5) is 5.69 Å². The van der Waals surface area contributed by atoms with Crippen molar-refractivity contribution in [1.82, 2.24) is 10.3 Å². The monoisotopic (exact) mass is 471 g/mol. The van der Waals surface area contributed by atoms with Gasteiger partial charge in [0, 0.05) is 11.8 Å². The summed E-state index contributed by atoms with van der Waals surface area (Å²) in [5, 5.41) is 4.04. The quantitative estimate of drug-likeness (QED) is 0.335. The molecule has 172 valence electrons. The summed E-state index contributed by atoms with van der Waals surface area (Å²) in [5.74, 6) is 3.12. The fourth-order valence-corrected chi connectivity index (χ4v) is 4.62. The van der Waals surface area contributed by atoms with Gasteiger partial charge in [0.15, 0.2) is 5.11 Å². The Kier molecular flexibility index (Phi) is 6.18. The Morgan fingerprint density at radius 2 is 1.79 bits per heavy atom. The van der Waals surface area contributed by atoms with E-state index in [1.807, 2.05) is 90.7 Å². The molecule has 0 spiro atoms. The van der Waals surface area contributed by atoms with Gasteiger partial charge in [0.2, 0.25) is 0 Å². The summed E-state index contributed by atoms with van der Waals surface area (Å²) < 4.78 is 17.6. The molecule has 0 saturated carbocycles. The molecule has 1 aliphatic heterocycles. The van der Waals surface area contributed by atoms with Gasteiger partial charge < -0.3 is 24.1 Å². The second kappa shape index (κ2) is 9.57. The molecule has 2 aromatic heterocycles. The van der Waals surface area contributed by atoms with Crippen LogP contribution in [-0.2, 0) is 0 Å². The molecule has 0 bridgehead atoms. The van der Waals surface area contributed by atoms with E-state index in [1.165, 1.54) is 0 Å². The molecule has 7 heteroatoms. The standard InChI is InChI=1S/C27H25N3O3S/c1-3-32-19-13-11-18(12-14-19)22-15-16-24(33-22)26-25(20-8-6-7-17-28-20)29-27(34)30(26)21-9-4-5-10-23(21)31-2/h4-17,25-26H,3H2,1-2H3,(H,29,34)/t25-,26-/m1/s1. The zero-order valence-electron chi connectivity index (χ0n) is 19.0. The van der Waals surface area contributed by atoms with Crippen LogP contribution in [0, 0.1) is 0 Å². The summed E-state index contributed by atoms with van der Waals surface area (Å²) in [6.07, 6.45) is 1.79. The first kappa shape index (κ1) is 22.0. The molecule has 0 aliphatic carbocycles. The largest absolute Gasteiger partial charge is 0.495 e. The summed E-state index contributed by atoms with van der Waals surface area (Å²) in [6, 6.07) is 25.2. The number of thiocarbonyl (C=S) groups is 1. The van der Waals surface area contributed by atoms with Gasteiger partial charge >= 0.3 is 0 Å². The molecule has 1 N–H and O–H groups in total. The van der Waals surface area contributed by atoms with Crippen LogP contribution in [0.3, 0.4) is 0 Å². The van der Waals surface area contributed by atoms with Gasteiger partial charge in [-0.05, 0) is 79.8 Å². The third-order valence-corrected chi connectivity index (χ3v) is 6.13. The van der Waals surface area contributed by atoms with Crippen LogP contribution >= 0.6 is 12.2 Å². The number of hydrogen-bond acceptors (Lipinski definition) is 5. The number of hydrogen-bond donors (Lipinski definition) is 1. The Morgan fingerprint density at radius 1 is 1.00 bits per heavy atom. The number of anilines is 1. The molecule has 3 heterocycles. The first-order chi connectivity index (χ1) is 16.7. The Labute approximate surface area is 204 Å². The van der Waals surface area contributed by atoms with Gasteiger partial charge in [-0.15, -0.1) is 0 Å². The zero-order valence-corrected chi connectivity index (χ0v) is 19.8. The highest BCUT2D eigenvalue weighted by molar-refractivity contribution is 7.80. The van der Waals surface area contributed by atoms with E-state index in [0.29, 0.717) is 11.7 Å². The van der Waals surface area contributed by atoms with Crippen LogP contribution in [0.1, 0.15) is 30.5 Å². The van der Waals surface area contributed by atoms with Crippen molar-refractivity contribution in [2.24, 2.45) is 0 Å². The number of nitrogens with zero attached hydrogens (tertiary/aromatic N) is 2. The van der Waals surface area contributed by atoms with Gasteiger partial charge in [-0.25, -0.2) is 0 Å². The lowest BCUT2D eigenvalue weighted by molar-refractivity contribution is 0.340. The van der Waals surface area contributed by atoms with Crippen molar-refractivity contribution in [3.8, 4) is 22.8 Å². The average molecular weight is 472 g/mol. The molecule has 1 aliphatic rings. The number of nitrogens with one attached hydrogen (secondary N) is 1. The third-order valence-electron chi connectivity index (χ3n) is 5.81. The Morgan fingerprint density at radius 3 is 2.53 bits per heavy atom. The lowest BCUT2D eigenvalue weighted by atomic mass is 10.0. The number of aromatic nitrogens is 1. The van der Waals surface area contributed by atoms with E-state index in [9.17, 15) is 0 Å². The van der Waals surface area contributed by atoms with Gasteiger partial charge in [-0.3, -0.25) is 4.98 Å². The van der Waals surface area contributed by atoms with E-state index < -0.39 is 0 Å². The lowest BCUT2D eigenvalue weighted by Crippen LogP contribution is -2.29. The second-order valence-electron chi connectivity index (χ2n) is 7.83. The summed E-state index contributed by atoms with van der Waals surface area (Å²) in [6.45, 7) is 2.60. The van der Waals surface area contributed by atoms with Crippen LogP contribution in [0.5, 0.6) is 11.5 Å². The fraction of sp³-hybridized carbons (Fsp3) is 0.185. The van der Waals surface area contributed by atoms with E-state index >= 15 is 0 Å².